The van der Waals surface area contributed by atoms with Crippen molar-refractivity contribution in [2.75, 3.05) is 12.0 Å². The van der Waals surface area contributed by atoms with Crippen LogP contribution in [0.25, 0.3) is 0 Å². The Hall–Kier alpha value is -0.480. The average Bonchev–Trinajstić information content (AvgIpc) is 2.66. The first-order chi connectivity index (χ1) is 7.54. The van der Waals surface area contributed by atoms with Gasteiger partial charge in [-0.2, -0.15) is 16.9 Å². The molecule has 0 aromatic carbocycles. The Bertz CT molecular complexity index is 309. The number of nitrogens with one attached hydrogen (secondary N) is 1. The summed E-state index contributed by atoms with van der Waals surface area (Å²) in [5.74, 6) is 1.14. The number of nitrogens with zero attached hydrogens (tertiary/aromatic N) is 2. The lowest BCUT2D eigenvalue weighted by Crippen LogP contribution is -2.30. The van der Waals surface area contributed by atoms with Crippen molar-refractivity contribution in [3.05, 3.63) is 18.0 Å². The van der Waals surface area contributed by atoms with Gasteiger partial charge in [0, 0.05) is 35.6 Å². The molecule has 0 aliphatic carbocycles. The summed E-state index contributed by atoms with van der Waals surface area (Å²) in [7, 11) is 0. The highest BCUT2D eigenvalue weighted by molar-refractivity contribution is 7.98. The van der Waals surface area contributed by atoms with Gasteiger partial charge in [0.05, 0.1) is 6.20 Å². The Morgan fingerprint density at radius 2 is 2.06 bits per heavy atom. The molecule has 1 N–H and O–H groups in total. The smallest absolute Gasteiger partial charge is 0.0537 e. The second-order valence-corrected chi connectivity index (χ2v) is 5.50. The molecule has 3 nitrogen and oxygen atoms in total. The Labute approximate surface area is 103 Å². The van der Waals surface area contributed by atoms with Gasteiger partial charge in [-0.05, 0) is 34.0 Å². The van der Waals surface area contributed by atoms with E-state index < -0.39 is 0 Å². The van der Waals surface area contributed by atoms with Gasteiger partial charge >= 0.3 is 0 Å². The number of aromatic nitrogens is 2. The summed E-state index contributed by atoms with van der Waals surface area (Å²) in [5.41, 5.74) is 1.27. The minimum Gasteiger partial charge on any atom is -0.307 e. The molecule has 2 atom stereocenters. The summed E-state index contributed by atoms with van der Waals surface area (Å²) in [5, 5.41) is 7.94. The molecule has 0 saturated carbocycles. The van der Waals surface area contributed by atoms with Crippen LogP contribution in [-0.4, -0.2) is 27.8 Å². The fourth-order valence-electron chi connectivity index (χ4n) is 1.68. The lowest BCUT2D eigenvalue weighted by molar-refractivity contribution is 0.506. The normalized spacial score (nSPS) is 15.4. The molecular formula is C12H23N3S. The van der Waals surface area contributed by atoms with Gasteiger partial charge in [-0.15, -0.1) is 0 Å². The quantitative estimate of drug-likeness (QED) is 0.830. The Balaban J connectivity index is 2.55. The SMILES string of the molecule is CSCC(C)NC(C)c1cnn(C(C)C)c1. The summed E-state index contributed by atoms with van der Waals surface area (Å²) in [6.45, 7) is 8.70. The van der Waals surface area contributed by atoms with Crippen LogP contribution in [-0.2, 0) is 0 Å². The topological polar surface area (TPSA) is 29.9 Å². The lowest BCUT2D eigenvalue weighted by Gasteiger charge is -2.18. The number of rotatable bonds is 6. The van der Waals surface area contributed by atoms with Crippen LogP contribution in [0.3, 0.4) is 0 Å². The minimum absolute atomic E-state index is 0.370. The Morgan fingerprint density at radius 1 is 1.38 bits per heavy atom. The van der Waals surface area contributed by atoms with E-state index in [0.717, 1.165) is 5.75 Å². The van der Waals surface area contributed by atoms with Gasteiger partial charge in [0.2, 0.25) is 0 Å². The second-order valence-electron chi connectivity index (χ2n) is 4.59. The third-order valence-electron chi connectivity index (χ3n) is 2.60. The van der Waals surface area contributed by atoms with E-state index in [1.807, 2.05) is 22.6 Å². The molecule has 0 spiro atoms. The molecule has 4 heteroatoms. The molecule has 0 radical (unpaired) electrons. The molecule has 0 fully saturated rings. The van der Waals surface area contributed by atoms with Crippen molar-refractivity contribution in [1.29, 1.82) is 0 Å². The molecule has 1 aromatic heterocycles. The monoisotopic (exact) mass is 241 g/mol. The summed E-state index contributed by atoms with van der Waals surface area (Å²) in [6, 6.07) is 1.34. The zero-order valence-corrected chi connectivity index (χ0v) is 11.7. The van der Waals surface area contributed by atoms with Gasteiger partial charge in [-0.1, -0.05) is 0 Å². The third-order valence-corrected chi connectivity index (χ3v) is 3.44. The van der Waals surface area contributed by atoms with Crippen molar-refractivity contribution in [1.82, 2.24) is 15.1 Å². The fourth-order valence-corrected chi connectivity index (χ4v) is 2.28. The maximum Gasteiger partial charge on any atom is 0.0537 e. The largest absolute Gasteiger partial charge is 0.307 e. The molecule has 0 aliphatic rings. The molecule has 92 valence electrons. The fraction of sp³-hybridized carbons (Fsp3) is 0.750. The summed E-state index contributed by atoms with van der Waals surface area (Å²) < 4.78 is 2.01. The van der Waals surface area contributed by atoms with Crippen molar-refractivity contribution in [2.45, 2.75) is 45.8 Å². The van der Waals surface area contributed by atoms with Crippen LogP contribution in [0.1, 0.15) is 45.3 Å². The van der Waals surface area contributed by atoms with E-state index in [4.69, 9.17) is 0 Å². The van der Waals surface area contributed by atoms with Gasteiger partial charge in [-0.25, -0.2) is 0 Å². The van der Waals surface area contributed by atoms with Crippen LogP contribution in [0.4, 0.5) is 0 Å². The molecule has 16 heavy (non-hydrogen) atoms. The van der Waals surface area contributed by atoms with Crippen molar-refractivity contribution in [2.24, 2.45) is 0 Å². The van der Waals surface area contributed by atoms with E-state index in [9.17, 15) is 0 Å². The van der Waals surface area contributed by atoms with E-state index >= 15 is 0 Å². The summed E-state index contributed by atoms with van der Waals surface area (Å²) in [6.07, 6.45) is 6.23. The lowest BCUT2D eigenvalue weighted by atomic mass is 10.2. The van der Waals surface area contributed by atoms with E-state index in [0.29, 0.717) is 18.1 Å². The first-order valence-electron chi connectivity index (χ1n) is 5.83. The molecule has 0 amide bonds. The Morgan fingerprint density at radius 3 is 2.56 bits per heavy atom. The van der Waals surface area contributed by atoms with E-state index in [2.05, 4.69) is 50.6 Å². The van der Waals surface area contributed by atoms with Crippen molar-refractivity contribution >= 4 is 11.8 Å². The number of thioether (sulfide) groups is 1. The van der Waals surface area contributed by atoms with Crippen LogP contribution in [0.5, 0.6) is 0 Å². The zero-order chi connectivity index (χ0) is 12.1. The van der Waals surface area contributed by atoms with Crippen molar-refractivity contribution in [3.63, 3.8) is 0 Å². The van der Waals surface area contributed by atoms with Gasteiger partial charge in [0.1, 0.15) is 0 Å². The van der Waals surface area contributed by atoms with E-state index in [1.165, 1.54) is 5.56 Å². The second kappa shape index (κ2) is 6.30. The highest BCUT2D eigenvalue weighted by Gasteiger charge is 2.11. The molecular weight excluding hydrogens is 218 g/mol. The average molecular weight is 241 g/mol. The molecule has 2 unspecified atom stereocenters. The first kappa shape index (κ1) is 13.6. The van der Waals surface area contributed by atoms with Gasteiger partial charge in [-0.3, -0.25) is 4.68 Å². The zero-order valence-electron chi connectivity index (χ0n) is 10.9. The van der Waals surface area contributed by atoms with Crippen LogP contribution in [0.2, 0.25) is 0 Å². The molecule has 0 saturated heterocycles. The van der Waals surface area contributed by atoms with Crippen molar-refractivity contribution < 1.29 is 0 Å². The first-order valence-corrected chi connectivity index (χ1v) is 7.23. The van der Waals surface area contributed by atoms with Gasteiger partial charge in [0.25, 0.3) is 0 Å². The van der Waals surface area contributed by atoms with E-state index in [-0.39, 0.29) is 0 Å². The van der Waals surface area contributed by atoms with E-state index in [1.54, 1.807) is 0 Å². The molecule has 0 aliphatic heterocycles. The minimum atomic E-state index is 0.370. The van der Waals surface area contributed by atoms with Gasteiger partial charge in [0.15, 0.2) is 0 Å². The van der Waals surface area contributed by atoms with Crippen LogP contribution in [0, 0.1) is 0 Å². The molecule has 1 rings (SSSR count). The third kappa shape index (κ3) is 3.83. The molecule has 1 heterocycles. The highest BCUT2D eigenvalue weighted by Crippen LogP contribution is 2.14. The van der Waals surface area contributed by atoms with Gasteiger partial charge < -0.3 is 5.32 Å². The Kier molecular flexibility index (Phi) is 5.35. The molecule has 1 aromatic rings. The highest BCUT2D eigenvalue weighted by atomic mass is 32.2. The summed E-state index contributed by atoms with van der Waals surface area (Å²) in [4.78, 5) is 0. The maximum atomic E-state index is 4.36. The number of hydrogen-bond acceptors (Lipinski definition) is 3. The maximum absolute atomic E-state index is 4.36. The number of hydrogen-bond donors (Lipinski definition) is 1. The standard InChI is InChI=1S/C12H23N3S/c1-9(2)15-7-12(6-13-15)11(4)14-10(3)8-16-5/h6-7,9-11,14H,8H2,1-5H3. The van der Waals surface area contributed by atoms with Crippen LogP contribution >= 0.6 is 11.8 Å². The van der Waals surface area contributed by atoms with Crippen LogP contribution < -0.4 is 5.32 Å². The van der Waals surface area contributed by atoms with Crippen molar-refractivity contribution in [3.8, 4) is 0 Å². The van der Waals surface area contributed by atoms with Crippen LogP contribution in [0.15, 0.2) is 12.4 Å². The summed E-state index contributed by atoms with van der Waals surface area (Å²) >= 11 is 1.87. The molecule has 0 bridgehead atoms. The predicted octanol–water partition coefficient (Wildman–Crippen LogP) is 2.87. The predicted molar refractivity (Wildman–Crippen MR) is 72.0 cm³/mol.